The molecule has 0 radical (unpaired) electrons. The van der Waals surface area contributed by atoms with Crippen molar-refractivity contribution in [2.75, 3.05) is 19.5 Å². The number of carbonyl (C=O) groups is 1. The van der Waals surface area contributed by atoms with Crippen LogP contribution in [-0.2, 0) is 17.6 Å². The van der Waals surface area contributed by atoms with Gasteiger partial charge in [-0.3, -0.25) is 10.1 Å². The Labute approximate surface area is 170 Å². The molecule has 0 spiro atoms. The van der Waals surface area contributed by atoms with Crippen molar-refractivity contribution in [2.24, 2.45) is 0 Å². The standard InChI is InChI=1S/C22H25N3O4/c1-14(2)17-8-5-15(6-9-17)13-21-24-25-22(29-21)23-20(26)12-16-7-10-18(27-3)19(11-16)28-4/h5-11,14H,12-13H2,1-4H3,(H,23,25,26). The average molecular weight is 395 g/mol. The average Bonchev–Trinajstić information content (AvgIpc) is 3.14. The zero-order chi connectivity index (χ0) is 20.8. The zero-order valence-corrected chi connectivity index (χ0v) is 17.1. The van der Waals surface area contributed by atoms with Gasteiger partial charge in [0.2, 0.25) is 11.8 Å². The number of carbonyl (C=O) groups excluding carboxylic acids is 1. The minimum absolute atomic E-state index is 0.0873. The van der Waals surface area contributed by atoms with Crippen molar-refractivity contribution >= 4 is 11.9 Å². The monoisotopic (exact) mass is 395 g/mol. The van der Waals surface area contributed by atoms with E-state index in [1.807, 2.05) is 0 Å². The third-order valence-electron chi connectivity index (χ3n) is 4.53. The lowest BCUT2D eigenvalue weighted by Crippen LogP contribution is -2.14. The molecule has 0 unspecified atom stereocenters. The number of amides is 1. The van der Waals surface area contributed by atoms with Crippen molar-refractivity contribution in [3.8, 4) is 11.5 Å². The first-order chi connectivity index (χ1) is 14.0. The maximum atomic E-state index is 12.3. The largest absolute Gasteiger partial charge is 0.493 e. The molecule has 1 heterocycles. The van der Waals surface area contributed by atoms with Crippen molar-refractivity contribution in [3.63, 3.8) is 0 Å². The molecule has 0 aliphatic rings. The first-order valence-electron chi connectivity index (χ1n) is 9.40. The Morgan fingerprint density at radius 3 is 2.34 bits per heavy atom. The fraction of sp³-hybridized carbons (Fsp3) is 0.318. The van der Waals surface area contributed by atoms with Crippen LogP contribution in [0.4, 0.5) is 6.01 Å². The van der Waals surface area contributed by atoms with Gasteiger partial charge in [-0.1, -0.05) is 49.3 Å². The summed E-state index contributed by atoms with van der Waals surface area (Å²) in [4.78, 5) is 12.3. The van der Waals surface area contributed by atoms with Gasteiger partial charge in [0.15, 0.2) is 11.5 Å². The van der Waals surface area contributed by atoms with Crippen LogP contribution >= 0.6 is 0 Å². The minimum Gasteiger partial charge on any atom is -0.493 e. The number of nitrogens with zero attached hydrogens (tertiary/aromatic N) is 2. The number of hydrogen-bond acceptors (Lipinski definition) is 6. The first-order valence-corrected chi connectivity index (χ1v) is 9.40. The van der Waals surface area contributed by atoms with E-state index in [0.29, 0.717) is 29.7 Å². The lowest BCUT2D eigenvalue weighted by molar-refractivity contribution is -0.115. The maximum Gasteiger partial charge on any atom is 0.322 e. The van der Waals surface area contributed by atoms with Gasteiger partial charge < -0.3 is 13.9 Å². The summed E-state index contributed by atoms with van der Waals surface area (Å²) in [7, 11) is 3.12. The normalized spacial score (nSPS) is 10.8. The van der Waals surface area contributed by atoms with Crippen LogP contribution in [0.2, 0.25) is 0 Å². The summed E-state index contributed by atoms with van der Waals surface area (Å²) < 4.78 is 16.0. The second kappa shape index (κ2) is 9.23. The molecule has 3 aromatic rings. The fourth-order valence-corrected chi connectivity index (χ4v) is 2.91. The number of anilines is 1. The topological polar surface area (TPSA) is 86.5 Å². The van der Waals surface area contributed by atoms with Crippen LogP contribution in [0.25, 0.3) is 0 Å². The summed E-state index contributed by atoms with van der Waals surface area (Å²) in [5.41, 5.74) is 3.13. The molecule has 3 rings (SSSR count). The van der Waals surface area contributed by atoms with E-state index < -0.39 is 0 Å². The maximum absolute atomic E-state index is 12.3. The highest BCUT2D eigenvalue weighted by atomic mass is 16.5. The van der Waals surface area contributed by atoms with Crippen molar-refractivity contribution in [3.05, 3.63) is 65.0 Å². The second-order valence-electron chi connectivity index (χ2n) is 6.99. The molecule has 0 saturated heterocycles. The third kappa shape index (κ3) is 5.34. The van der Waals surface area contributed by atoms with Crippen LogP contribution in [0.3, 0.4) is 0 Å². The number of methoxy groups -OCH3 is 2. The lowest BCUT2D eigenvalue weighted by Gasteiger charge is -2.09. The van der Waals surface area contributed by atoms with E-state index in [1.54, 1.807) is 32.4 Å². The van der Waals surface area contributed by atoms with Crippen molar-refractivity contribution < 1.29 is 18.7 Å². The van der Waals surface area contributed by atoms with E-state index in [2.05, 4.69) is 53.6 Å². The van der Waals surface area contributed by atoms with Crippen molar-refractivity contribution in [2.45, 2.75) is 32.6 Å². The number of ether oxygens (including phenoxy) is 2. The van der Waals surface area contributed by atoms with Gasteiger partial charge in [0.25, 0.3) is 0 Å². The van der Waals surface area contributed by atoms with Crippen LogP contribution in [0, 0.1) is 0 Å². The predicted molar refractivity (Wildman–Crippen MR) is 110 cm³/mol. The second-order valence-corrected chi connectivity index (χ2v) is 6.99. The molecule has 0 saturated carbocycles. The van der Waals surface area contributed by atoms with Gasteiger partial charge in [-0.15, -0.1) is 5.10 Å². The highest BCUT2D eigenvalue weighted by Gasteiger charge is 2.13. The summed E-state index contributed by atoms with van der Waals surface area (Å²) >= 11 is 0. The van der Waals surface area contributed by atoms with Gasteiger partial charge in [-0.25, -0.2) is 0 Å². The molecule has 0 fully saturated rings. The Kier molecular flexibility index (Phi) is 6.49. The van der Waals surface area contributed by atoms with E-state index >= 15 is 0 Å². The summed E-state index contributed by atoms with van der Waals surface area (Å²) in [6.07, 6.45) is 0.658. The Morgan fingerprint density at radius 2 is 1.69 bits per heavy atom. The van der Waals surface area contributed by atoms with E-state index in [0.717, 1.165) is 11.1 Å². The smallest absolute Gasteiger partial charge is 0.322 e. The Hall–Kier alpha value is -3.35. The molecule has 1 amide bonds. The van der Waals surface area contributed by atoms with Crippen LogP contribution in [0.1, 0.15) is 42.3 Å². The molecule has 1 N–H and O–H groups in total. The SMILES string of the molecule is COc1ccc(CC(=O)Nc2nnc(Cc3ccc(C(C)C)cc3)o2)cc1OC. The van der Waals surface area contributed by atoms with Gasteiger partial charge in [-0.05, 0) is 34.7 Å². The number of hydrogen-bond donors (Lipinski definition) is 1. The molecule has 152 valence electrons. The van der Waals surface area contributed by atoms with E-state index in [9.17, 15) is 4.79 Å². The molecule has 0 aliphatic carbocycles. The Morgan fingerprint density at radius 1 is 1.00 bits per heavy atom. The van der Waals surface area contributed by atoms with Gasteiger partial charge in [0.05, 0.1) is 27.1 Å². The summed E-state index contributed by atoms with van der Waals surface area (Å²) in [5, 5.41) is 10.6. The van der Waals surface area contributed by atoms with E-state index in [4.69, 9.17) is 13.9 Å². The summed E-state index contributed by atoms with van der Waals surface area (Å²) in [5.74, 6) is 1.86. The zero-order valence-electron chi connectivity index (χ0n) is 17.1. The number of aromatic nitrogens is 2. The van der Waals surface area contributed by atoms with E-state index in [1.165, 1.54) is 5.56 Å². The molecule has 7 heteroatoms. The predicted octanol–water partition coefficient (Wildman–Crippen LogP) is 3.98. The Bertz CT molecular complexity index is 964. The molecular formula is C22H25N3O4. The Balaban J connectivity index is 1.58. The lowest BCUT2D eigenvalue weighted by atomic mass is 10.0. The molecule has 0 aliphatic heterocycles. The first kappa shape index (κ1) is 20.4. The number of rotatable bonds is 8. The third-order valence-corrected chi connectivity index (χ3v) is 4.53. The summed E-state index contributed by atoms with van der Waals surface area (Å²) in [6, 6.07) is 13.7. The van der Waals surface area contributed by atoms with Gasteiger partial charge in [0, 0.05) is 0 Å². The fourth-order valence-electron chi connectivity index (χ4n) is 2.91. The molecular weight excluding hydrogens is 370 g/mol. The molecule has 2 aromatic carbocycles. The van der Waals surface area contributed by atoms with Crippen LogP contribution in [0.5, 0.6) is 11.5 Å². The number of nitrogens with one attached hydrogen (secondary N) is 1. The molecule has 1 aromatic heterocycles. The van der Waals surface area contributed by atoms with E-state index in [-0.39, 0.29) is 18.3 Å². The van der Waals surface area contributed by atoms with Crippen LogP contribution in [-0.4, -0.2) is 30.3 Å². The van der Waals surface area contributed by atoms with Crippen molar-refractivity contribution in [1.82, 2.24) is 10.2 Å². The van der Waals surface area contributed by atoms with Gasteiger partial charge >= 0.3 is 6.01 Å². The molecule has 29 heavy (non-hydrogen) atoms. The van der Waals surface area contributed by atoms with Gasteiger partial charge in [-0.2, -0.15) is 0 Å². The molecule has 7 nitrogen and oxygen atoms in total. The minimum atomic E-state index is -0.256. The summed E-state index contributed by atoms with van der Waals surface area (Å²) in [6.45, 7) is 4.31. The van der Waals surface area contributed by atoms with Crippen molar-refractivity contribution in [1.29, 1.82) is 0 Å². The van der Waals surface area contributed by atoms with Gasteiger partial charge in [0.1, 0.15) is 0 Å². The van der Waals surface area contributed by atoms with Crippen LogP contribution < -0.4 is 14.8 Å². The molecule has 0 bridgehead atoms. The quantitative estimate of drug-likeness (QED) is 0.621. The van der Waals surface area contributed by atoms with Crippen LogP contribution in [0.15, 0.2) is 46.9 Å². The molecule has 0 atom stereocenters. The highest BCUT2D eigenvalue weighted by Crippen LogP contribution is 2.27. The highest BCUT2D eigenvalue weighted by molar-refractivity contribution is 5.90. The number of benzene rings is 2.